The summed E-state index contributed by atoms with van der Waals surface area (Å²) in [6, 6.07) is 19.0. The third kappa shape index (κ3) is 3.30. The molecule has 0 unspecified atom stereocenters. The molecule has 0 bridgehead atoms. The average molecular weight is 289 g/mol. The first-order valence-electron chi connectivity index (χ1n) is 6.96. The molecule has 1 heterocycles. The van der Waals surface area contributed by atoms with Gasteiger partial charge in [-0.3, -0.25) is 4.98 Å². The standard InChI is InChI=1S/C18H15N3O/c22-18(20-13-11-14-6-2-1-3-7-14)21-16-10-4-8-15-9-5-12-19-17(15)16/h1-13H,(H2,20,21,22)/b13-11+. The molecule has 3 rings (SSSR count). The van der Waals surface area contributed by atoms with Crippen LogP contribution < -0.4 is 10.6 Å². The van der Waals surface area contributed by atoms with Crippen LogP contribution in [0.15, 0.2) is 73.1 Å². The van der Waals surface area contributed by atoms with Crippen LogP contribution in [0.5, 0.6) is 0 Å². The second-order valence-electron chi connectivity index (χ2n) is 4.72. The Morgan fingerprint density at radius 3 is 2.64 bits per heavy atom. The predicted octanol–water partition coefficient (Wildman–Crippen LogP) is 4.03. The Hall–Kier alpha value is -3.14. The van der Waals surface area contributed by atoms with E-state index in [1.807, 2.05) is 66.7 Å². The lowest BCUT2D eigenvalue weighted by molar-refractivity contribution is 0.255. The van der Waals surface area contributed by atoms with E-state index < -0.39 is 0 Å². The van der Waals surface area contributed by atoms with E-state index in [4.69, 9.17) is 0 Å². The van der Waals surface area contributed by atoms with E-state index >= 15 is 0 Å². The molecule has 22 heavy (non-hydrogen) atoms. The van der Waals surface area contributed by atoms with Gasteiger partial charge in [0, 0.05) is 17.8 Å². The molecule has 3 aromatic rings. The summed E-state index contributed by atoms with van der Waals surface area (Å²) in [5, 5.41) is 6.48. The zero-order chi connectivity index (χ0) is 15.2. The largest absolute Gasteiger partial charge is 0.323 e. The van der Waals surface area contributed by atoms with Crippen LogP contribution >= 0.6 is 0 Å². The van der Waals surface area contributed by atoms with Gasteiger partial charge in [0.2, 0.25) is 0 Å². The van der Waals surface area contributed by atoms with E-state index in [9.17, 15) is 4.79 Å². The van der Waals surface area contributed by atoms with Crippen molar-refractivity contribution >= 4 is 28.7 Å². The Kier molecular flexibility index (Phi) is 4.11. The molecule has 2 N–H and O–H groups in total. The monoisotopic (exact) mass is 289 g/mol. The smallest absolute Gasteiger partial charge is 0.314 e. The molecule has 0 aliphatic rings. The topological polar surface area (TPSA) is 54.0 Å². The summed E-state index contributed by atoms with van der Waals surface area (Å²) in [6.07, 6.45) is 5.16. The first-order chi connectivity index (χ1) is 10.8. The van der Waals surface area contributed by atoms with Gasteiger partial charge in [0.1, 0.15) is 0 Å². The molecule has 4 nitrogen and oxygen atoms in total. The first kappa shape index (κ1) is 13.8. The summed E-state index contributed by atoms with van der Waals surface area (Å²) in [7, 11) is 0. The van der Waals surface area contributed by atoms with E-state index in [0.29, 0.717) is 5.69 Å². The maximum absolute atomic E-state index is 11.9. The third-order valence-corrected chi connectivity index (χ3v) is 3.17. The minimum Gasteiger partial charge on any atom is -0.314 e. The van der Waals surface area contributed by atoms with Crippen LogP contribution in [0.3, 0.4) is 0 Å². The number of hydrogen-bond acceptors (Lipinski definition) is 2. The molecule has 0 radical (unpaired) electrons. The molecule has 2 aromatic carbocycles. The van der Waals surface area contributed by atoms with E-state index in [1.165, 1.54) is 0 Å². The number of hydrogen-bond donors (Lipinski definition) is 2. The summed E-state index contributed by atoms with van der Waals surface area (Å²) >= 11 is 0. The summed E-state index contributed by atoms with van der Waals surface area (Å²) in [6.45, 7) is 0. The quantitative estimate of drug-likeness (QED) is 0.765. The van der Waals surface area contributed by atoms with Crippen LogP contribution in [0.4, 0.5) is 10.5 Å². The zero-order valence-electron chi connectivity index (χ0n) is 11.9. The van der Waals surface area contributed by atoms with Crippen LogP contribution in [-0.2, 0) is 0 Å². The number of nitrogens with one attached hydrogen (secondary N) is 2. The SMILES string of the molecule is O=C(N/C=C/c1ccccc1)Nc1cccc2cccnc12. The molecule has 1 aromatic heterocycles. The number of fused-ring (bicyclic) bond motifs is 1. The van der Waals surface area contributed by atoms with Crippen molar-refractivity contribution in [2.24, 2.45) is 0 Å². The number of carbonyl (C=O) groups is 1. The van der Waals surface area contributed by atoms with Gasteiger partial charge in [-0.2, -0.15) is 0 Å². The molecule has 0 atom stereocenters. The van der Waals surface area contributed by atoms with Gasteiger partial charge in [-0.1, -0.05) is 48.5 Å². The van der Waals surface area contributed by atoms with Gasteiger partial charge < -0.3 is 10.6 Å². The number of urea groups is 1. The Morgan fingerprint density at radius 1 is 0.955 bits per heavy atom. The van der Waals surface area contributed by atoms with Crippen molar-refractivity contribution < 1.29 is 4.79 Å². The van der Waals surface area contributed by atoms with Gasteiger partial charge in [-0.25, -0.2) is 4.79 Å². The molecule has 0 saturated carbocycles. The van der Waals surface area contributed by atoms with Gasteiger partial charge in [0.05, 0.1) is 11.2 Å². The second kappa shape index (κ2) is 6.54. The Bertz CT molecular complexity index is 807. The molecule has 0 aliphatic carbocycles. The maximum atomic E-state index is 11.9. The van der Waals surface area contributed by atoms with Gasteiger partial charge in [-0.15, -0.1) is 0 Å². The fourth-order valence-electron chi connectivity index (χ4n) is 2.14. The molecule has 0 aliphatic heterocycles. The van der Waals surface area contributed by atoms with Crippen LogP contribution in [0.2, 0.25) is 0 Å². The minimum atomic E-state index is -0.301. The molecule has 108 valence electrons. The van der Waals surface area contributed by atoms with Crippen molar-refractivity contribution in [2.75, 3.05) is 5.32 Å². The number of rotatable bonds is 3. The van der Waals surface area contributed by atoms with Gasteiger partial charge in [-0.05, 0) is 23.8 Å². The first-order valence-corrected chi connectivity index (χ1v) is 6.96. The molecule has 0 spiro atoms. The number of aromatic nitrogens is 1. The van der Waals surface area contributed by atoms with Crippen molar-refractivity contribution in [2.45, 2.75) is 0 Å². The molecular weight excluding hydrogens is 274 g/mol. The highest BCUT2D eigenvalue weighted by atomic mass is 16.2. The fraction of sp³-hybridized carbons (Fsp3) is 0. The Morgan fingerprint density at radius 2 is 1.77 bits per heavy atom. The number of benzene rings is 2. The summed E-state index contributed by atoms with van der Waals surface area (Å²) < 4.78 is 0. The van der Waals surface area contributed by atoms with Crippen LogP contribution in [0.25, 0.3) is 17.0 Å². The van der Waals surface area contributed by atoms with Gasteiger partial charge in [0.25, 0.3) is 0 Å². The van der Waals surface area contributed by atoms with Gasteiger partial charge in [0.15, 0.2) is 0 Å². The highest BCUT2D eigenvalue weighted by Crippen LogP contribution is 2.20. The van der Waals surface area contributed by atoms with Crippen molar-refractivity contribution in [1.29, 1.82) is 0 Å². The van der Waals surface area contributed by atoms with Crippen molar-refractivity contribution in [1.82, 2.24) is 10.3 Å². The normalized spacial score (nSPS) is 10.7. The van der Waals surface area contributed by atoms with Gasteiger partial charge >= 0.3 is 6.03 Å². The number of pyridine rings is 1. The Labute approximate surface area is 128 Å². The van der Waals surface area contributed by atoms with E-state index in [-0.39, 0.29) is 6.03 Å². The summed E-state index contributed by atoms with van der Waals surface area (Å²) in [4.78, 5) is 16.2. The van der Waals surface area contributed by atoms with E-state index in [1.54, 1.807) is 12.4 Å². The molecule has 4 heteroatoms. The summed E-state index contributed by atoms with van der Waals surface area (Å²) in [5.41, 5.74) is 2.48. The van der Waals surface area contributed by atoms with E-state index in [2.05, 4.69) is 15.6 Å². The fourth-order valence-corrected chi connectivity index (χ4v) is 2.14. The van der Waals surface area contributed by atoms with Crippen molar-refractivity contribution in [3.63, 3.8) is 0 Å². The number of carbonyl (C=O) groups excluding carboxylic acids is 1. The van der Waals surface area contributed by atoms with E-state index in [0.717, 1.165) is 16.5 Å². The Balaban J connectivity index is 1.67. The van der Waals surface area contributed by atoms with Crippen molar-refractivity contribution in [3.05, 3.63) is 78.6 Å². The number of para-hydroxylation sites is 1. The van der Waals surface area contributed by atoms with Crippen LogP contribution in [0.1, 0.15) is 5.56 Å². The molecular formula is C18H15N3O. The third-order valence-electron chi connectivity index (χ3n) is 3.17. The second-order valence-corrected chi connectivity index (χ2v) is 4.72. The van der Waals surface area contributed by atoms with Crippen LogP contribution in [-0.4, -0.2) is 11.0 Å². The highest BCUT2D eigenvalue weighted by Gasteiger charge is 2.04. The molecule has 2 amide bonds. The molecule has 0 fully saturated rings. The minimum absolute atomic E-state index is 0.301. The van der Waals surface area contributed by atoms with Crippen molar-refractivity contribution in [3.8, 4) is 0 Å². The molecule has 0 saturated heterocycles. The lowest BCUT2D eigenvalue weighted by Gasteiger charge is -2.07. The highest BCUT2D eigenvalue weighted by molar-refractivity contribution is 5.99. The average Bonchev–Trinajstić information content (AvgIpc) is 2.56. The number of amides is 2. The van der Waals surface area contributed by atoms with Crippen LogP contribution in [0, 0.1) is 0 Å². The zero-order valence-corrected chi connectivity index (χ0v) is 11.9. The number of nitrogens with zero attached hydrogens (tertiary/aromatic N) is 1. The maximum Gasteiger partial charge on any atom is 0.323 e. The summed E-state index contributed by atoms with van der Waals surface area (Å²) in [5.74, 6) is 0. The predicted molar refractivity (Wildman–Crippen MR) is 89.4 cm³/mol. The number of anilines is 1. The lowest BCUT2D eigenvalue weighted by atomic mass is 10.2. The lowest BCUT2D eigenvalue weighted by Crippen LogP contribution is -2.23.